The van der Waals surface area contributed by atoms with Gasteiger partial charge in [-0.2, -0.15) is 5.10 Å². The lowest BCUT2D eigenvalue weighted by Crippen LogP contribution is -2.17. The number of rotatable bonds is 2. The van der Waals surface area contributed by atoms with Crippen LogP contribution in [0.15, 0.2) is 54.9 Å². The third-order valence-electron chi connectivity index (χ3n) is 4.77. The van der Waals surface area contributed by atoms with Crippen LogP contribution in [-0.4, -0.2) is 33.7 Å². The number of hydrogen-bond donors (Lipinski definition) is 0. The first-order valence-corrected chi connectivity index (χ1v) is 8.41. The molecule has 0 saturated heterocycles. The van der Waals surface area contributed by atoms with E-state index in [0.717, 1.165) is 30.6 Å². The Kier molecular flexibility index (Phi) is 4.24. The molecule has 0 aliphatic carbocycles. The molecule has 5 heteroatoms. The molecule has 0 spiro atoms. The monoisotopic (exact) mass is 334 g/mol. The van der Waals surface area contributed by atoms with Crippen LogP contribution in [0.2, 0.25) is 0 Å². The van der Waals surface area contributed by atoms with Crippen LogP contribution >= 0.6 is 0 Å². The summed E-state index contributed by atoms with van der Waals surface area (Å²) in [6.45, 7) is 1.87. The number of benzene rings is 2. The molecule has 1 aliphatic rings. The molecule has 0 fully saturated rings. The van der Waals surface area contributed by atoms with E-state index in [1.54, 1.807) is 24.5 Å². The minimum Gasteiger partial charge on any atom is -0.302 e. The number of hydrogen-bond acceptors (Lipinski definition) is 4. The molecular formula is C20H19FN4. The van der Waals surface area contributed by atoms with Crippen LogP contribution in [0.25, 0.3) is 11.4 Å². The van der Waals surface area contributed by atoms with Crippen LogP contribution in [0.4, 0.5) is 4.39 Å². The highest BCUT2D eigenvalue weighted by Crippen LogP contribution is 2.35. The zero-order valence-corrected chi connectivity index (χ0v) is 14.1. The number of fused-ring (bicyclic) bond motifs is 1. The molecule has 1 aromatic heterocycles. The van der Waals surface area contributed by atoms with E-state index in [-0.39, 0.29) is 11.7 Å². The third kappa shape index (κ3) is 3.28. The van der Waals surface area contributed by atoms with E-state index in [4.69, 9.17) is 0 Å². The van der Waals surface area contributed by atoms with Crippen LogP contribution in [-0.2, 0) is 6.54 Å². The Morgan fingerprint density at radius 1 is 1.08 bits per heavy atom. The lowest BCUT2D eigenvalue weighted by atomic mass is 9.86. The second kappa shape index (κ2) is 6.69. The van der Waals surface area contributed by atoms with Crippen LogP contribution in [0.1, 0.15) is 29.0 Å². The van der Waals surface area contributed by atoms with E-state index in [1.807, 2.05) is 12.1 Å². The van der Waals surface area contributed by atoms with Gasteiger partial charge in [-0.15, -0.1) is 5.10 Å². The Hall–Kier alpha value is -2.66. The lowest BCUT2D eigenvalue weighted by Gasteiger charge is -2.18. The molecule has 2 aromatic carbocycles. The summed E-state index contributed by atoms with van der Waals surface area (Å²) < 4.78 is 13.3. The molecule has 4 nitrogen and oxygen atoms in total. The van der Waals surface area contributed by atoms with Crippen molar-refractivity contribution in [2.24, 2.45) is 0 Å². The summed E-state index contributed by atoms with van der Waals surface area (Å²) in [5.74, 6) is 0.707. The van der Waals surface area contributed by atoms with Crippen molar-refractivity contribution in [1.29, 1.82) is 0 Å². The molecule has 1 unspecified atom stereocenters. The maximum absolute atomic E-state index is 13.3. The molecule has 0 N–H and O–H groups in total. The predicted molar refractivity (Wildman–Crippen MR) is 94.5 cm³/mol. The summed E-state index contributed by atoms with van der Waals surface area (Å²) in [6, 6.07) is 13.2. The van der Waals surface area contributed by atoms with E-state index < -0.39 is 0 Å². The molecule has 0 saturated carbocycles. The van der Waals surface area contributed by atoms with Crippen molar-refractivity contribution in [2.45, 2.75) is 18.9 Å². The summed E-state index contributed by atoms with van der Waals surface area (Å²) in [7, 11) is 2.13. The van der Waals surface area contributed by atoms with Gasteiger partial charge in [0.15, 0.2) is 5.82 Å². The van der Waals surface area contributed by atoms with E-state index >= 15 is 0 Å². The smallest absolute Gasteiger partial charge is 0.181 e. The first-order valence-electron chi connectivity index (χ1n) is 8.41. The first kappa shape index (κ1) is 15.8. The Bertz CT molecular complexity index is 865. The van der Waals surface area contributed by atoms with Gasteiger partial charge in [0.1, 0.15) is 5.82 Å². The molecule has 0 radical (unpaired) electrons. The van der Waals surface area contributed by atoms with E-state index in [0.29, 0.717) is 5.82 Å². The largest absolute Gasteiger partial charge is 0.302 e. The van der Waals surface area contributed by atoms with Crippen molar-refractivity contribution in [3.8, 4) is 11.4 Å². The fraction of sp³-hybridized carbons (Fsp3) is 0.250. The average Bonchev–Trinajstić information content (AvgIpc) is 2.81. The first-order chi connectivity index (χ1) is 12.2. The molecule has 0 amide bonds. The second-order valence-corrected chi connectivity index (χ2v) is 6.51. The molecule has 126 valence electrons. The fourth-order valence-electron chi connectivity index (χ4n) is 3.52. The van der Waals surface area contributed by atoms with Gasteiger partial charge in [-0.1, -0.05) is 24.3 Å². The van der Waals surface area contributed by atoms with E-state index in [9.17, 15) is 4.39 Å². The summed E-state index contributed by atoms with van der Waals surface area (Å²) in [6.07, 6.45) is 4.24. The van der Waals surface area contributed by atoms with Crippen molar-refractivity contribution in [1.82, 2.24) is 20.1 Å². The molecule has 25 heavy (non-hydrogen) atoms. The second-order valence-electron chi connectivity index (χ2n) is 6.51. The van der Waals surface area contributed by atoms with Crippen molar-refractivity contribution < 1.29 is 4.39 Å². The number of nitrogens with zero attached hydrogens (tertiary/aromatic N) is 4. The normalized spacial score (nSPS) is 17.8. The Balaban J connectivity index is 1.78. The van der Waals surface area contributed by atoms with Gasteiger partial charge < -0.3 is 4.90 Å². The van der Waals surface area contributed by atoms with Crippen molar-refractivity contribution in [2.75, 3.05) is 13.6 Å². The Labute approximate surface area is 146 Å². The van der Waals surface area contributed by atoms with Gasteiger partial charge >= 0.3 is 0 Å². The van der Waals surface area contributed by atoms with Crippen LogP contribution < -0.4 is 0 Å². The predicted octanol–water partition coefficient (Wildman–Crippen LogP) is 3.65. The molecular weight excluding hydrogens is 315 g/mol. The molecule has 1 aliphatic heterocycles. The summed E-state index contributed by atoms with van der Waals surface area (Å²) >= 11 is 0. The van der Waals surface area contributed by atoms with Crippen LogP contribution in [0.5, 0.6) is 0 Å². The van der Waals surface area contributed by atoms with Gasteiger partial charge in [0, 0.05) is 24.2 Å². The molecule has 1 atom stereocenters. The zero-order chi connectivity index (χ0) is 17.2. The van der Waals surface area contributed by atoms with Gasteiger partial charge in [0.05, 0.1) is 6.20 Å². The highest BCUT2D eigenvalue weighted by molar-refractivity contribution is 5.58. The third-order valence-corrected chi connectivity index (χ3v) is 4.77. The van der Waals surface area contributed by atoms with Gasteiger partial charge in [-0.05, 0) is 54.9 Å². The highest BCUT2D eigenvalue weighted by Gasteiger charge is 2.23. The standard InChI is InChI=1S/C20H19FN4/c1-25-11-8-19(14-2-5-17(21)6-3-14)18-7-4-15(12-16(18)13-25)20-22-9-10-23-24-20/h2-7,9-10,12,19H,8,11,13H2,1H3. The van der Waals surface area contributed by atoms with E-state index in [2.05, 4.69) is 45.3 Å². The molecule has 4 rings (SSSR count). The summed E-state index contributed by atoms with van der Waals surface area (Å²) in [4.78, 5) is 6.61. The molecule has 2 heterocycles. The van der Waals surface area contributed by atoms with Crippen molar-refractivity contribution in [3.05, 3.63) is 77.4 Å². The maximum atomic E-state index is 13.3. The maximum Gasteiger partial charge on any atom is 0.181 e. The number of halogens is 1. The highest BCUT2D eigenvalue weighted by atomic mass is 19.1. The number of aromatic nitrogens is 3. The summed E-state index contributed by atoms with van der Waals surface area (Å²) in [5, 5.41) is 8.03. The minimum absolute atomic E-state index is 0.196. The van der Waals surface area contributed by atoms with Crippen molar-refractivity contribution >= 4 is 0 Å². The quantitative estimate of drug-likeness (QED) is 0.717. The zero-order valence-electron chi connectivity index (χ0n) is 14.1. The average molecular weight is 334 g/mol. The molecule has 0 bridgehead atoms. The minimum atomic E-state index is -0.196. The Morgan fingerprint density at radius 2 is 1.92 bits per heavy atom. The van der Waals surface area contributed by atoms with E-state index in [1.165, 1.54) is 11.1 Å². The summed E-state index contributed by atoms with van der Waals surface area (Å²) in [5.41, 5.74) is 4.69. The topological polar surface area (TPSA) is 41.9 Å². The van der Waals surface area contributed by atoms with Crippen molar-refractivity contribution in [3.63, 3.8) is 0 Å². The van der Waals surface area contributed by atoms with Crippen LogP contribution in [0, 0.1) is 5.82 Å². The van der Waals surface area contributed by atoms with Gasteiger partial charge in [0.2, 0.25) is 0 Å². The molecule has 3 aromatic rings. The fourth-order valence-corrected chi connectivity index (χ4v) is 3.52. The van der Waals surface area contributed by atoms with Gasteiger partial charge in [-0.25, -0.2) is 9.37 Å². The Morgan fingerprint density at radius 3 is 2.68 bits per heavy atom. The van der Waals surface area contributed by atoms with Gasteiger partial charge in [0.25, 0.3) is 0 Å². The van der Waals surface area contributed by atoms with Crippen LogP contribution in [0.3, 0.4) is 0 Å². The van der Waals surface area contributed by atoms with Gasteiger partial charge in [-0.3, -0.25) is 0 Å². The SMILES string of the molecule is CN1CCC(c2ccc(F)cc2)c2ccc(-c3nccnn3)cc2C1. The lowest BCUT2D eigenvalue weighted by molar-refractivity contribution is 0.328.